The Bertz CT molecular complexity index is 864. The van der Waals surface area contributed by atoms with Gasteiger partial charge in [-0.3, -0.25) is 4.79 Å². The number of aliphatic hydroxyl groups excluding tert-OH is 2. The van der Waals surface area contributed by atoms with Crippen LogP contribution in [0.4, 0.5) is 0 Å². The molecule has 65 heavy (non-hydrogen) atoms. The van der Waals surface area contributed by atoms with Crippen LogP contribution in [0.15, 0.2) is 0 Å². The molecule has 0 heterocycles. The molecular formula is C61H123NO3. The van der Waals surface area contributed by atoms with Crippen LogP contribution in [-0.4, -0.2) is 34.9 Å². The van der Waals surface area contributed by atoms with Gasteiger partial charge < -0.3 is 15.5 Å². The average molecular weight is 919 g/mol. The van der Waals surface area contributed by atoms with Crippen molar-refractivity contribution in [3.05, 3.63) is 0 Å². The van der Waals surface area contributed by atoms with Crippen molar-refractivity contribution in [2.45, 2.75) is 379 Å². The molecule has 0 aliphatic heterocycles. The van der Waals surface area contributed by atoms with Crippen molar-refractivity contribution in [3.63, 3.8) is 0 Å². The number of hydrogen-bond acceptors (Lipinski definition) is 3. The lowest BCUT2D eigenvalue weighted by molar-refractivity contribution is -0.123. The highest BCUT2D eigenvalue weighted by Gasteiger charge is 2.20. The van der Waals surface area contributed by atoms with Gasteiger partial charge in [-0.1, -0.05) is 348 Å². The summed E-state index contributed by atoms with van der Waals surface area (Å²) in [6.45, 7) is 4.40. The first-order chi connectivity index (χ1) is 32.2. The van der Waals surface area contributed by atoms with Crippen LogP contribution in [0.2, 0.25) is 0 Å². The summed E-state index contributed by atoms with van der Waals surface area (Å²) in [6.07, 6.45) is 74.2. The Hall–Kier alpha value is -0.610. The molecule has 0 radical (unpaired) electrons. The third kappa shape index (κ3) is 54.2. The summed E-state index contributed by atoms with van der Waals surface area (Å²) in [6, 6.07) is -0.531. The van der Waals surface area contributed by atoms with Crippen LogP contribution >= 0.6 is 0 Å². The van der Waals surface area contributed by atoms with Gasteiger partial charge in [0, 0.05) is 6.42 Å². The molecule has 0 saturated heterocycles. The molecule has 0 aromatic heterocycles. The van der Waals surface area contributed by atoms with Gasteiger partial charge in [0.05, 0.1) is 18.8 Å². The van der Waals surface area contributed by atoms with Crippen LogP contribution in [0.3, 0.4) is 0 Å². The van der Waals surface area contributed by atoms with Crippen molar-refractivity contribution in [3.8, 4) is 0 Å². The van der Waals surface area contributed by atoms with Crippen molar-refractivity contribution >= 4 is 5.91 Å². The molecular weight excluding hydrogens is 795 g/mol. The zero-order chi connectivity index (χ0) is 47.0. The van der Waals surface area contributed by atoms with Crippen LogP contribution in [0.25, 0.3) is 0 Å². The number of nitrogens with one attached hydrogen (secondary N) is 1. The van der Waals surface area contributed by atoms with Crippen LogP contribution in [0, 0.1) is 0 Å². The first-order valence-electron chi connectivity index (χ1n) is 30.7. The number of amides is 1. The zero-order valence-electron chi connectivity index (χ0n) is 45.1. The largest absolute Gasteiger partial charge is 0.394 e. The molecule has 0 aliphatic carbocycles. The molecule has 0 aromatic rings. The third-order valence-corrected chi connectivity index (χ3v) is 14.9. The normalized spacial score (nSPS) is 12.6. The number of hydrogen-bond donors (Lipinski definition) is 3. The number of carbonyl (C=O) groups excluding carboxylic acids is 1. The SMILES string of the molecule is CCCCCCCCCCCCCCCCCCCCCCCCCCCCCCCCCCCCCCCCC(=O)NC(CO)C(O)CCCCCCCCCCCCCCCCC. The van der Waals surface area contributed by atoms with E-state index in [1.165, 1.54) is 315 Å². The predicted molar refractivity (Wildman–Crippen MR) is 290 cm³/mol. The van der Waals surface area contributed by atoms with Gasteiger partial charge in [0.15, 0.2) is 0 Å². The molecule has 3 N–H and O–H groups in total. The Labute approximate surface area is 410 Å². The second-order valence-corrected chi connectivity index (χ2v) is 21.5. The Morgan fingerprint density at radius 2 is 0.492 bits per heavy atom. The van der Waals surface area contributed by atoms with Crippen molar-refractivity contribution < 1.29 is 15.0 Å². The number of rotatable bonds is 58. The van der Waals surface area contributed by atoms with E-state index in [0.29, 0.717) is 12.8 Å². The quantitative estimate of drug-likeness (QED) is 0.0533. The summed E-state index contributed by atoms with van der Waals surface area (Å²) in [5.74, 6) is -0.0222. The maximum absolute atomic E-state index is 12.5. The molecule has 2 unspecified atom stereocenters. The monoisotopic (exact) mass is 918 g/mol. The lowest BCUT2D eigenvalue weighted by Crippen LogP contribution is -2.45. The van der Waals surface area contributed by atoms with E-state index in [2.05, 4.69) is 19.2 Å². The van der Waals surface area contributed by atoms with Crippen LogP contribution in [0.5, 0.6) is 0 Å². The van der Waals surface area contributed by atoms with E-state index in [-0.39, 0.29) is 12.5 Å². The van der Waals surface area contributed by atoms with E-state index >= 15 is 0 Å². The minimum atomic E-state index is -0.654. The highest BCUT2D eigenvalue weighted by Crippen LogP contribution is 2.19. The minimum Gasteiger partial charge on any atom is -0.394 e. The van der Waals surface area contributed by atoms with Gasteiger partial charge in [-0.15, -0.1) is 0 Å². The smallest absolute Gasteiger partial charge is 0.220 e. The molecule has 0 aliphatic rings. The Balaban J connectivity index is 3.32. The van der Waals surface area contributed by atoms with Crippen LogP contribution in [-0.2, 0) is 4.79 Å². The summed E-state index contributed by atoms with van der Waals surface area (Å²) in [4.78, 5) is 12.5. The van der Waals surface area contributed by atoms with E-state index in [4.69, 9.17) is 0 Å². The van der Waals surface area contributed by atoms with Gasteiger partial charge in [0.2, 0.25) is 5.91 Å². The number of aliphatic hydroxyl groups is 2. The molecule has 0 aromatic carbocycles. The summed E-state index contributed by atoms with van der Waals surface area (Å²) in [7, 11) is 0. The fourth-order valence-corrected chi connectivity index (χ4v) is 10.2. The molecule has 390 valence electrons. The molecule has 0 spiro atoms. The number of unbranched alkanes of at least 4 members (excludes halogenated alkanes) is 51. The highest BCUT2D eigenvalue weighted by atomic mass is 16.3. The van der Waals surface area contributed by atoms with Crippen molar-refractivity contribution in [1.29, 1.82) is 0 Å². The van der Waals surface area contributed by atoms with Gasteiger partial charge >= 0.3 is 0 Å². The molecule has 0 fully saturated rings. The Morgan fingerprint density at radius 3 is 0.692 bits per heavy atom. The summed E-state index contributed by atoms with van der Waals surface area (Å²) in [5, 5.41) is 23.3. The summed E-state index contributed by atoms with van der Waals surface area (Å²) in [5.41, 5.74) is 0. The second-order valence-electron chi connectivity index (χ2n) is 21.5. The summed E-state index contributed by atoms with van der Waals surface area (Å²) >= 11 is 0. The minimum absolute atomic E-state index is 0.0222. The van der Waals surface area contributed by atoms with Crippen molar-refractivity contribution in [1.82, 2.24) is 5.32 Å². The van der Waals surface area contributed by atoms with Gasteiger partial charge in [0.25, 0.3) is 0 Å². The first-order valence-corrected chi connectivity index (χ1v) is 30.7. The molecule has 2 atom stereocenters. The van der Waals surface area contributed by atoms with Crippen LogP contribution in [0.1, 0.15) is 367 Å². The van der Waals surface area contributed by atoms with Crippen molar-refractivity contribution in [2.24, 2.45) is 0 Å². The molecule has 1 amide bonds. The van der Waals surface area contributed by atoms with Gasteiger partial charge in [-0.05, 0) is 12.8 Å². The van der Waals surface area contributed by atoms with Gasteiger partial charge in [-0.2, -0.15) is 0 Å². The maximum atomic E-state index is 12.5. The second kappa shape index (κ2) is 57.7. The Morgan fingerprint density at radius 1 is 0.308 bits per heavy atom. The van der Waals surface area contributed by atoms with E-state index in [1.54, 1.807) is 0 Å². The molecule has 4 nitrogen and oxygen atoms in total. The predicted octanol–water partition coefficient (Wildman–Crippen LogP) is 20.3. The fraction of sp³-hybridized carbons (Fsp3) is 0.984. The van der Waals surface area contributed by atoms with Gasteiger partial charge in [-0.25, -0.2) is 0 Å². The standard InChI is InChI=1S/C61H123NO3/c1-3-5-7-9-11-13-15-17-19-20-21-22-23-24-25-26-27-28-29-30-31-32-33-34-35-36-37-38-39-40-41-43-45-47-49-51-53-55-57-61(65)62-59(58-63)60(64)56-54-52-50-48-46-44-42-18-16-14-12-10-8-6-4-2/h59-60,63-64H,3-58H2,1-2H3,(H,62,65). The third-order valence-electron chi connectivity index (χ3n) is 14.9. The maximum Gasteiger partial charge on any atom is 0.220 e. The summed E-state index contributed by atoms with van der Waals surface area (Å²) < 4.78 is 0. The van der Waals surface area contributed by atoms with E-state index in [0.717, 1.165) is 25.7 Å². The van der Waals surface area contributed by atoms with Gasteiger partial charge in [0.1, 0.15) is 0 Å². The highest BCUT2D eigenvalue weighted by molar-refractivity contribution is 5.76. The van der Waals surface area contributed by atoms with E-state index in [1.807, 2.05) is 0 Å². The molecule has 0 saturated carbocycles. The average Bonchev–Trinajstić information content (AvgIpc) is 3.31. The molecule has 0 rings (SSSR count). The van der Waals surface area contributed by atoms with Crippen molar-refractivity contribution in [2.75, 3.05) is 6.61 Å². The zero-order valence-corrected chi connectivity index (χ0v) is 45.1. The fourth-order valence-electron chi connectivity index (χ4n) is 10.2. The lowest BCUT2D eigenvalue weighted by Gasteiger charge is -2.22. The number of carbonyl (C=O) groups is 1. The van der Waals surface area contributed by atoms with Crippen LogP contribution < -0.4 is 5.32 Å². The molecule has 4 heteroatoms. The first kappa shape index (κ1) is 64.4. The van der Waals surface area contributed by atoms with E-state index in [9.17, 15) is 15.0 Å². The topological polar surface area (TPSA) is 69.6 Å². The molecule has 0 bridgehead atoms. The van der Waals surface area contributed by atoms with E-state index < -0.39 is 12.1 Å². The Kier molecular flexibility index (Phi) is 57.2. The lowest BCUT2D eigenvalue weighted by atomic mass is 10.0.